The maximum atomic E-state index is 12.5. The van der Waals surface area contributed by atoms with Gasteiger partial charge in [-0.2, -0.15) is 4.98 Å². The van der Waals surface area contributed by atoms with Crippen LogP contribution in [0.1, 0.15) is 0 Å². The molecule has 0 aliphatic carbocycles. The van der Waals surface area contributed by atoms with Crippen molar-refractivity contribution in [1.29, 1.82) is 0 Å². The third kappa shape index (κ3) is 2.51. The third-order valence-electron chi connectivity index (χ3n) is 3.03. The van der Waals surface area contributed by atoms with E-state index in [1.54, 1.807) is 30.3 Å². The highest BCUT2D eigenvalue weighted by atomic mass is 32.2. The van der Waals surface area contributed by atoms with Crippen molar-refractivity contribution >= 4 is 38.5 Å². The number of rotatable bonds is 3. The zero-order valence-corrected chi connectivity index (χ0v) is 13.2. The third-order valence-corrected chi connectivity index (χ3v) is 5.23. The van der Waals surface area contributed by atoms with Crippen LogP contribution in [0.3, 0.4) is 0 Å². The second-order valence-electron chi connectivity index (χ2n) is 4.43. The zero-order valence-electron chi connectivity index (χ0n) is 11.6. The molecule has 2 heterocycles. The number of pyridine rings is 1. The van der Waals surface area contributed by atoms with Crippen molar-refractivity contribution in [2.75, 3.05) is 12.0 Å². The summed E-state index contributed by atoms with van der Waals surface area (Å²) in [6.45, 7) is 0. The number of anilines is 1. The van der Waals surface area contributed by atoms with Gasteiger partial charge in [0.2, 0.25) is 9.84 Å². The highest BCUT2D eigenvalue weighted by molar-refractivity contribution is 7.98. The summed E-state index contributed by atoms with van der Waals surface area (Å²) in [5, 5.41) is 0.448. The first-order chi connectivity index (χ1) is 10.5. The normalized spacial score (nSPS) is 11.7. The Labute approximate surface area is 131 Å². The zero-order chi connectivity index (χ0) is 15.7. The van der Waals surface area contributed by atoms with E-state index in [0.717, 1.165) is 5.03 Å². The van der Waals surface area contributed by atoms with Crippen LogP contribution >= 0.6 is 11.8 Å². The predicted molar refractivity (Wildman–Crippen MR) is 85.4 cm³/mol. The van der Waals surface area contributed by atoms with Gasteiger partial charge in [0.25, 0.3) is 5.16 Å². The minimum absolute atomic E-state index is 0.0513. The number of aromatic nitrogens is 3. The van der Waals surface area contributed by atoms with E-state index >= 15 is 0 Å². The molecule has 6 nitrogen and oxygen atoms in total. The molecule has 22 heavy (non-hydrogen) atoms. The molecule has 2 aromatic heterocycles. The minimum Gasteiger partial charge on any atom is -0.382 e. The van der Waals surface area contributed by atoms with Crippen molar-refractivity contribution in [2.45, 2.75) is 15.1 Å². The standard InChI is InChI=1S/C14H12N4O2S2/c1-21-11-8-7-10-12(17-11)13(15)18-14(16-10)22(19,20)9-5-3-2-4-6-9/h2-8H,1H3,(H2,15,16,18). The number of nitrogen functional groups attached to an aromatic ring is 1. The Bertz CT molecular complexity index is 944. The van der Waals surface area contributed by atoms with E-state index in [1.807, 2.05) is 6.26 Å². The quantitative estimate of drug-likeness (QED) is 0.579. The second-order valence-corrected chi connectivity index (χ2v) is 7.10. The topological polar surface area (TPSA) is 98.8 Å². The van der Waals surface area contributed by atoms with Gasteiger partial charge in [0.1, 0.15) is 5.52 Å². The Morgan fingerprint density at radius 1 is 1.00 bits per heavy atom. The molecule has 0 atom stereocenters. The number of fused-ring (bicyclic) bond motifs is 1. The molecule has 3 aromatic rings. The van der Waals surface area contributed by atoms with Crippen LogP contribution in [0.5, 0.6) is 0 Å². The van der Waals surface area contributed by atoms with Crippen LogP contribution in [-0.4, -0.2) is 29.6 Å². The summed E-state index contributed by atoms with van der Waals surface area (Å²) in [6, 6.07) is 11.5. The molecule has 0 spiro atoms. The lowest BCUT2D eigenvalue weighted by atomic mass is 10.3. The van der Waals surface area contributed by atoms with Crippen LogP contribution in [0.25, 0.3) is 11.0 Å². The van der Waals surface area contributed by atoms with Crippen LogP contribution in [-0.2, 0) is 9.84 Å². The highest BCUT2D eigenvalue weighted by Crippen LogP contribution is 2.24. The van der Waals surface area contributed by atoms with E-state index in [1.165, 1.54) is 23.9 Å². The number of thioether (sulfide) groups is 1. The lowest BCUT2D eigenvalue weighted by Crippen LogP contribution is -2.10. The number of hydrogen-bond acceptors (Lipinski definition) is 7. The molecule has 0 aliphatic heterocycles. The molecule has 0 aliphatic rings. The number of benzene rings is 1. The van der Waals surface area contributed by atoms with Crippen molar-refractivity contribution in [3.8, 4) is 0 Å². The average molecular weight is 332 g/mol. The van der Waals surface area contributed by atoms with Gasteiger partial charge in [-0.15, -0.1) is 11.8 Å². The number of nitrogens with two attached hydrogens (primary N) is 1. The SMILES string of the molecule is CSc1ccc2nc(S(=O)(=O)c3ccccc3)nc(N)c2n1. The summed E-state index contributed by atoms with van der Waals surface area (Å²) in [5.41, 5.74) is 6.67. The van der Waals surface area contributed by atoms with Gasteiger partial charge in [-0.1, -0.05) is 18.2 Å². The maximum Gasteiger partial charge on any atom is 0.254 e. The number of nitrogens with zero attached hydrogens (tertiary/aromatic N) is 3. The molecule has 0 bridgehead atoms. The summed E-state index contributed by atoms with van der Waals surface area (Å²) >= 11 is 1.46. The first-order valence-corrected chi connectivity index (χ1v) is 9.01. The van der Waals surface area contributed by atoms with Gasteiger partial charge >= 0.3 is 0 Å². The summed E-state index contributed by atoms with van der Waals surface area (Å²) in [7, 11) is -3.80. The molecule has 2 N–H and O–H groups in total. The fraction of sp³-hybridized carbons (Fsp3) is 0.0714. The van der Waals surface area contributed by atoms with E-state index in [9.17, 15) is 8.42 Å². The van der Waals surface area contributed by atoms with Crippen molar-refractivity contribution in [3.05, 3.63) is 42.5 Å². The van der Waals surface area contributed by atoms with Gasteiger partial charge in [0.15, 0.2) is 5.82 Å². The molecule has 0 unspecified atom stereocenters. The van der Waals surface area contributed by atoms with Crippen molar-refractivity contribution < 1.29 is 8.42 Å². The molecular weight excluding hydrogens is 320 g/mol. The lowest BCUT2D eigenvalue weighted by molar-refractivity contribution is 0.588. The van der Waals surface area contributed by atoms with E-state index < -0.39 is 9.84 Å². The molecule has 0 amide bonds. The Morgan fingerprint density at radius 2 is 1.73 bits per heavy atom. The van der Waals surface area contributed by atoms with Crippen molar-refractivity contribution in [2.24, 2.45) is 0 Å². The maximum absolute atomic E-state index is 12.5. The van der Waals surface area contributed by atoms with Gasteiger partial charge in [-0.3, -0.25) is 0 Å². The summed E-state index contributed by atoms with van der Waals surface area (Å²) in [5.74, 6) is 0.0513. The van der Waals surface area contributed by atoms with E-state index in [0.29, 0.717) is 11.0 Å². The van der Waals surface area contributed by atoms with Crippen molar-refractivity contribution in [1.82, 2.24) is 15.0 Å². The van der Waals surface area contributed by atoms with E-state index in [2.05, 4.69) is 15.0 Å². The van der Waals surface area contributed by atoms with E-state index in [4.69, 9.17) is 5.73 Å². The van der Waals surface area contributed by atoms with Crippen molar-refractivity contribution in [3.63, 3.8) is 0 Å². The first kappa shape index (κ1) is 14.7. The van der Waals surface area contributed by atoms with Crippen LogP contribution in [0.15, 0.2) is 57.5 Å². The lowest BCUT2D eigenvalue weighted by Gasteiger charge is -2.07. The Hall–Kier alpha value is -2.19. The molecular formula is C14H12N4O2S2. The smallest absolute Gasteiger partial charge is 0.254 e. The monoisotopic (exact) mass is 332 g/mol. The minimum atomic E-state index is -3.80. The van der Waals surface area contributed by atoms with Gasteiger partial charge in [0, 0.05) is 0 Å². The van der Waals surface area contributed by atoms with Crippen LogP contribution in [0.4, 0.5) is 5.82 Å². The average Bonchev–Trinajstić information content (AvgIpc) is 2.55. The van der Waals surface area contributed by atoms with Crippen LogP contribution in [0.2, 0.25) is 0 Å². The summed E-state index contributed by atoms with van der Waals surface area (Å²) in [4.78, 5) is 12.5. The van der Waals surface area contributed by atoms with Crippen LogP contribution in [0, 0.1) is 0 Å². The molecule has 1 aromatic carbocycles. The van der Waals surface area contributed by atoms with E-state index in [-0.39, 0.29) is 15.9 Å². The molecule has 112 valence electrons. The van der Waals surface area contributed by atoms with Crippen LogP contribution < -0.4 is 5.73 Å². The largest absolute Gasteiger partial charge is 0.382 e. The number of sulfone groups is 1. The van der Waals surface area contributed by atoms with Gasteiger partial charge < -0.3 is 5.73 Å². The second kappa shape index (κ2) is 5.54. The van der Waals surface area contributed by atoms with Gasteiger partial charge in [-0.25, -0.2) is 18.4 Å². The first-order valence-electron chi connectivity index (χ1n) is 6.31. The fourth-order valence-corrected chi connectivity index (χ4v) is 3.49. The molecule has 3 rings (SSSR count). The number of hydrogen-bond donors (Lipinski definition) is 1. The van der Waals surface area contributed by atoms with Gasteiger partial charge in [0.05, 0.1) is 15.4 Å². The fourth-order valence-electron chi connectivity index (χ4n) is 1.94. The highest BCUT2D eigenvalue weighted by Gasteiger charge is 2.22. The molecule has 0 saturated heterocycles. The van der Waals surface area contributed by atoms with Gasteiger partial charge in [-0.05, 0) is 30.5 Å². The molecule has 8 heteroatoms. The Morgan fingerprint density at radius 3 is 2.41 bits per heavy atom. The molecule has 0 radical (unpaired) electrons. The summed E-state index contributed by atoms with van der Waals surface area (Å²) < 4.78 is 25.1. The Balaban J connectivity index is 2.21. The summed E-state index contributed by atoms with van der Waals surface area (Å²) in [6.07, 6.45) is 1.89. The molecule has 0 fully saturated rings. The Kier molecular flexibility index (Phi) is 3.71. The predicted octanol–water partition coefficient (Wildman–Crippen LogP) is 2.16. The molecule has 0 saturated carbocycles.